The number of aromatic amines is 2. The van der Waals surface area contributed by atoms with E-state index in [1.807, 2.05) is 55.5 Å². The van der Waals surface area contributed by atoms with Crippen LogP contribution in [0.25, 0.3) is 22.5 Å². The molecule has 0 aliphatic carbocycles. The van der Waals surface area contributed by atoms with Crippen molar-refractivity contribution < 1.29 is 23.5 Å². The molecular formula is C29H30N6O6. The Morgan fingerprint density at radius 1 is 1.10 bits per heavy atom. The lowest BCUT2D eigenvalue weighted by Crippen LogP contribution is -2.22. The van der Waals surface area contributed by atoms with E-state index in [1.165, 1.54) is 0 Å². The summed E-state index contributed by atoms with van der Waals surface area (Å²) < 4.78 is 15.2. The molecule has 5 aromatic rings. The zero-order valence-electron chi connectivity index (χ0n) is 23.1. The van der Waals surface area contributed by atoms with Crippen molar-refractivity contribution >= 4 is 5.97 Å². The Bertz CT molecular complexity index is 1690. The minimum atomic E-state index is -0.962. The largest absolute Gasteiger partial charge is 0.519 e. The van der Waals surface area contributed by atoms with Crippen LogP contribution in [-0.2, 0) is 17.8 Å². The minimum absolute atomic E-state index is 0.117. The molecule has 2 aromatic carbocycles. The number of hydrogen-bond donors (Lipinski definition) is 3. The number of H-pyrrole nitrogens is 2. The maximum Gasteiger partial charge on any atom is 0.519 e. The predicted molar refractivity (Wildman–Crippen MR) is 147 cm³/mol. The number of carbonyl (C=O) groups excluding carboxylic acids is 1. The number of benzene rings is 2. The summed E-state index contributed by atoms with van der Waals surface area (Å²) in [4.78, 5) is 32.3. The van der Waals surface area contributed by atoms with Crippen LogP contribution >= 0.6 is 0 Å². The van der Waals surface area contributed by atoms with Gasteiger partial charge in [0, 0.05) is 17.9 Å². The second-order valence-corrected chi connectivity index (χ2v) is 10.5. The monoisotopic (exact) mass is 558 g/mol. The highest BCUT2D eigenvalue weighted by molar-refractivity contribution is 5.89. The second-order valence-electron chi connectivity index (χ2n) is 10.5. The number of aromatic nitrogens is 6. The molecule has 12 nitrogen and oxygen atoms in total. The molecule has 0 bridgehead atoms. The normalized spacial score (nSPS) is 12.4. The van der Waals surface area contributed by atoms with E-state index in [9.17, 15) is 14.7 Å². The van der Waals surface area contributed by atoms with Crippen molar-refractivity contribution in [1.29, 1.82) is 0 Å². The van der Waals surface area contributed by atoms with Gasteiger partial charge in [-0.25, -0.2) is 14.6 Å². The number of imidazole rings is 1. The minimum Gasteiger partial charge on any atom is -0.453 e. The highest BCUT2D eigenvalue weighted by atomic mass is 16.6. The first-order chi connectivity index (χ1) is 19.6. The molecule has 41 heavy (non-hydrogen) atoms. The molecule has 3 aromatic heterocycles. The lowest BCUT2D eigenvalue weighted by atomic mass is 9.92. The molecule has 1 unspecified atom stereocenters. The van der Waals surface area contributed by atoms with Crippen molar-refractivity contribution in [2.45, 2.75) is 58.7 Å². The number of esters is 1. The fourth-order valence-corrected chi connectivity index (χ4v) is 4.79. The van der Waals surface area contributed by atoms with Crippen LogP contribution in [0.15, 0.2) is 62.2 Å². The van der Waals surface area contributed by atoms with Gasteiger partial charge in [-0.05, 0) is 49.1 Å². The van der Waals surface area contributed by atoms with Crippen LogP contribution in [0.2, 0.25) is 0 Å². The van der Waals surface area contributed by atoms with Gasteiger partial charge in [-0.2, -0.15) is 5.21 Å². The van der Waals surface area contributed by atoms with Crippen LogP contribution in [0.5, 0.6) is 0 Å². The van der Waals surface area contributed by atoms with Crippen molar-refractivity contribution in [3.63, 3.8) is 0 Å². The Kier molecular flexibility index (Phi) is 7.66. The third-order valence-corrected chi connectivity index (χ3v) is 6.59. The van der Waals surface area contributed by atoms with E-state index in [4.69, 9.17) is 13.6 Å². The Balaban J connectivity index is 1.38. The molecule has 0 fully saturated rings. The molecule has 5 rings (SSSR count). The van der Waals surface area contributed by atoms with Crippen molar-refractivity contribution in [2.75, 3.05) is 0 Å². The molecule has 212 valence electrons. The molecule has 0 aliphatic rings. The number of rotatable bonds is 10. The molecule has 0 spiro atoms. The van der Waals surface area contributed by atoms with Crippen LogP contribution < -0.4 is 5.82 Å². The number of aliphatic hydroxyl groups is 1. The number of hydrogen-bond acceptors (Lipinski definition) is 10. The topological polar surface area (TPSA) is 173 Å². The van der Waals surface area contributed by atoms with Gasteiger partial charge >= 0.3 is 11.8 Å². The quantitative estimate of drug-likeness (QED) is 0.209. The number of nitrogens with one attached hydrogen (secondary N) is 2. The van der Waals surface area contributed by atoms with Crippen molar-refractivity contribution in [1.82, 2.24) is 30.6 Å². The third kappa shape index (κ3) is 6.49. The molecule has 12 heteroatoms. The lowest BCUT2D eigenvalue weighted by Gasteiger charge is -2.21. The third-order valence-electron chi connectivity index (χ3n) is 6.59. The number of carbonyl (C=O) groups is 1. The summed E-state index contributed by atoms with van der Waals surface area (Å²) >= 11 is 0. The molecule has 0 saturated heterocycles. The fraction of sp³-hybridized carbons (Fsp3) is 0.310. The summed E-state index contributed by atoms with van der Waals surface area (Å²) in [5.74, 6) is -0.314. The van der Waals surface area contributed by atoms with Crippen LogP contribution in [0, 0.1) is 6.92 Å². The zero-order valence-corrected chi connectivity index (χ0v) is 23.1. The predicted octanol–water partition coefficient (Wildman–Crippen LogP) is 4.32. The highest BCUT2D eigenvalue weighted by Gasteiger charge is 2.27. The van der Waals surface area contributed by atoms with E-state index >= 15 is 0 Å². The number of tetrazole rings is 1. The van der Waals surface area contributed by atoms with Gasteiger partial charge < -0.3 is 23.7 Å². The Hall–Kier alpha value is -4.84. The van der Waals surface area contributed by atoms with Gasteiger partial charge in [-0.1, -0.05) is 55.5 Å². The van der Waals surface area contributed by atoms with Crippen LogP contribution in [0.3, 0.4) is 0 Å². The standard InChI is InChI=1S/C29H30N6O6/c1-16(14-29(3,4)38)24-25(27(36)39-15-22-17(2)40-28(37)41-22)31-23(30-24)13-18-9-11-19(12-10-18)20-7-5-6-8-21(20)26-32-34-35-33-26/h5-12,16,38H,13-15H2,1-4H3,(H,30,31)(H,32,33,34,35). The van der Waals surface area contributed by atoms with Gasteiger partial charge in [-0.15, -0.1) is 10.2 Å². The van der Waals surface area contributed by atoms with Gasteiger partial charge in [0.2, 0.25) is 5.82 Å². The SMILES string of the molecule is Cc1oc(=O)oc1COC(=O)c1nc(Cc2ccc(-c3ccccc3-c3nn[nH]n3)cc2)[nH]c1C(C)CC(C)(C)O. The van der Waals surface area contributed by atoms with Crippen LogP contribution in [-0.4, -0.2) is 47.3 Å². The van der Waals surface area contributed by atoms with Crippen molar-refractivity contribution in [3.8, 4) is 22.5 Å². The maximum atomic E-state index is 13.1. The first-order valence-electron chi connectivity index (χ1n) is 13.1. The molecule has 3 heterocycles. The summed E-state index contributed by atoms with van der Waals surface area (Å²) in [6, 6.07) is 15.8. The molecule has 0 aliphatic heterocycles. The average molecular weight is 559 g/mol. The van der Waals surface area contributed by atoms with E-state index in [1.54, 1.807) is 20.8 Å². The Morgan fingerprint density at radius 2 is 1.83 bits per heavy atom. The number of nitrogens with zero attached hydrogens (tertiary/aromatic N) is 4. The first-order valence-corrected chi connectivity index (χ1v) is 13.1. The van der Waals surface area contributed by atoms with Crippen LogP contribution in [0.4, 0.5) is 0 Å². The zero-order chi connectivity index (χ0) is 29.1. The highest BCUT2D eigenvalue weighted by Crippen LogP contribution is 2.31. The second kappa shape index (κ2) is 11.3. The van der Waals surface area contributed by atoms with E-state index in [-0.39, 0.29) is 29.7 Å². The van der Waals surface area contributed by atoms with Gasteiger partial charge in [0.15, 0.2) is 23.8 Å². The van der Waals surface area contributed by atoms with E-state index in [2.05, 4.69) is 30.6 Å². The molecule has 0 saturated carbocycles. The molecule has 0 radical (unpaired) electrons. The van der Waals surface area contributed by atoms with Crippen LogP contribution in [0.1, 0.15) is 72.2 Å². The maximum absolute atomic E-state index is 13.1. The molecule has 1 atom stereocenters. The van der Waals surface area contributed by atoms with E-state index in [0.717, 1.165) is 22.3 Å². The average Bonchev–Trinajstić information content (AvgIpc) is 3.67. The molecule has 3 N–H and O–H groups in total. The van der Waals surface area contributed by atoms with Gasteiger partial charge in [0.25, 0.3) is 0 Å². The van der Waals surface area contributed by atoms with Gasteiger partial charge in [-0.3, -0.25) is 0 Å². The summed E-state index contributed by atoms with van der Waals surface area (Å²) in [5.41, 5.74) is 3.49. The fourth-order valence-electron chi connectivity index (χ4n) is 4.79. The Labute approximate surface area is 234 Å². The van der Waals surface area contributed by atoms with E-state index < -0.39 is 17.4 Å². The summed E-state index contributed by atoms with van der Waals surface area (Å²) in [6.45, 7) is 6.60. The van der Waals surface area contributed by atoms with Crippen molar-refractivity contribution in [2.24, 2.45) is 0 Å². The molecule has 0 amide bonds. The van der Waals surface area contributed by atoms with Gasteiger partial charge in [0.05, 0.1) is 11.3 Å². The number of ether oxygens (including phenoxy) is 1. The smallest absolute Gasteiger partial charge is 0.453 e. The summed E-state index contributed by atoms with van der Waals surface area (Å²) in [5, 5.41) is 24.8. The number of aryl methyl sites for hydroxylation is 1. The lowest BCUT2D eigenvalue weighted by molar-refractivity contribution is 0.0428. The molecular weight excluding hydrogens is 528 g/mol. The summed E-state index contributed by atoms with van der Waals surface area (Å²) in [6.07, 6.45) is 0.817. The van der Waals surface area contributed by atoms with E-state index in [0.29, 0.717) is 30.2 Å². The summed E-state index contributed by atoms with van der Waals surface area (Å²) in [7, 11) is 0. The van der Waals surface area contributed by atoms with Crippen molar-refractivity contribution in [3.05, 3.63) is 93.4 Å². The first kappa shape index (κ1) is 27.7. The van der Waals surface area contributed by atoms with Gasteiger partial charge in [0.1, 0.15) is 5.82 Å². The Morgan fingerprint density at radius 3 is 2.46 bits per heavy atom.